The van der Waals surface area contributed by atoms with Crippen LogP contribution in [-0.4, -0.2) is 46.9 Å². The molecule has 0 aliphatic heterocycles. The highest BCUT2D eigenvalue weighted by atomic mass is 32.1. The number of nitrogens with one attached hydrogen (secondary N) is 2. The second kappa shape index (κ2) is 15.5. The van der Waals surface area contributed by atoms with Crippen molar-refractivity contribution in [1.29, 1.82) is 0 Å². The highest BCUT2D eigenvalue weighted by Crippen LogP contribution is 2.16. The van der Waals surface area contributed by atoms with Crippen molar-refractivity contribution in [3.63, 3.8) is 0 Å². The fourth-order valence-electron chi connectivity index (χ4n) is 4.31. The van der Waals surface area contributed by atoms with E-state index in [-0.39, 0.29) is 19.5 Å². The third kappa shape index (κ3) is 8.73. The van der Waals surface area contributed by atoms with Crippen molar-refractivity contribution in [2.45, 2.75) is 38.9 Å². The molecule has 0 radical (unpaired) electrons. The number of hydrogen-bond donors (Lipinski definition) is 3. The molecule has 4 aromatic rings. The van der Waals surface area contributed by atoms with E-state index in [4.69, 9.17) is 10.5 Å². The molecule has 10 heteroatoms. The van der Waals surface area contributed by atoms with Crippen LogP contribution in [0.5, 0.6) is 5.75 Å². The Morgan fingerprint density at radius 2 is 1.64 bits per heavy atom. The van der Waals surface area contributed by atoms with E-state index in [9.17, 15) is 14.4 Å². The van der Waals surface area contributed by atoms with Gasteiger partial charge in [-0.1, -0.05) is 54.6 Å². The van der Waals surface area contributed by atoms with Crippen LogP contribution in [0, 0.1) is 0 Å². The standard InChI is InChI=1S/C32H35N5O4S/c1-2-41-28-14-12-23(13-15-28)18-29(36-30(38)26-6-4-3-5-7-26)31(39)37(17-16-27-21-42-22-35-27)32(40)34-20-25-10-8-24(19-33)9-11-25/h3-15,21-22,29H,2,16-20,33H2,1H3,(H,34,40)(H,36,38)/t29-/m1/s1. The molecule has 4 amide bonds. The summed E-state index contributed by atoms with van der Waals surface area (Å²) in [6.07, 6.45) is 0.571. The predicted octanol–water partition coefficient (Wildman–Crippen LogP) is 4.32. The molecule has 4 N–H and O–H groups in total. The predicted molar refractivity (Wildman–Crippen MR) is 163 cm³/mol. The third-order valence-corrected chi connectivity index (χ3v) is 7.24. The summed E-state index contributed by atoms with van der Waals surface area (Å²) in [5.41, 5.74) is 11.3. The summed E-state index contributed by atoms with van der Waals surface area (Å²) in [4.78, 5) is 46.2. The number of ether oxygens (including phenoxy) is 1. The number of hydrogen-bond acceptors (Lipinski definition) is 7. The number of urea groups is 1. The molecule has 1 atom stereocenters. The van der Waals surface area contributed by atoms with Gasteiger partial charge >= 0.3 is 6.03 Å². The van der Waals surface area contributed by atoms with Crippen molar-refractivity contribution in [2.75, 3.05) is 13.2 Å². The summed E-state index contributed by atoms with van der Waals surface area (Å²) in [6, 6.07) is 22.1. The SMILES string of the molecule is CCOc1ccc(C[C@@H](NC(=O)c2ccccc2)C(=O)N(CCc2cscn2)C(=O)NCc2ccc(CN)cc2)cc1. The lowest BCUT2D eigenvalue weighted by Gasteiger charge is -2.27. The topological polar surface area (TPSA) is 127 Å². The van der Waals surface area contributed by atoms with Gasteiger partial charge in [-0.15, -0.1) is 11.3 Å². The Morgan fingerprint density at radius 3 is 2.29 bits per heavy atom. The van der Waals surface area contributed by atoms with Gasteiger partial charge in [0, 0.05) is 43.4 Å². The van der Waals surface area contributed by atoms with Crippen molar-refractivity contribution in [2.24, 2.45) is 5.73 Å². The minimum absolute atomic E-state index is 0.0987. The number of nitrogens with zero attached hydrogens (tertiary/aromatic N) is 2. The van der Waals surface area contributed by atoms with Crippen LogP contribution in [0.15, 0.2) is 89.8 Å². The molecule has 0 bridgehead atoms. The number of aromatic nitrogens is 1. The molecule has 0 aliphatic carbocycles. The van der Waals surface area contributed by atoms with Crippen molar-refractivity contribution < 1.29 is 19.1 Å². The summed E-state index contributed by atoms with van der Waals surface area (Å²) >= 11 is 1.45. The maximum absolute atomic E-state index is 14.1. The van der Waals surface area contributed by atoms with E-state index < -0.39 is 23.9 Å². The lowest BCUT2D eigenvalue weighted by atomic mass is 10.0. The molecular formula is C32H35N5O4S. The number of thiazole rings is 1. The van der Waals surface area contributed by atoms with E-state index in [1.807, 2.05) is 66.9 Å². The first-order chi connectivity index (χ1) is 20.5. The van der Waals surface area contributed by atoms with Crippen molar-refractivity contribution in [1.82, 2.24) is 20.5 Å². The van der Waals surface area contributed by atoms with E-state index in [2.05, 4.69) is 15.6 Å². The lowest BCUT2D eigenvalue weighted by molar-refractivity contribution is -0.130. The first-order valence-corrected chi connectivity index (χ1v) is 14.7. The summed E-state index contributed by atoms with van der Waals surface area (Å²) in [5.74, 6) is -0.208. The van der Waals surface area contributed by atoms with Crippen molar-refractivity contribution in [3.05, 3.63) is 118 Å². The fraction of sp³-hybridized carbons (Fsp3) is 0.250. The fourth-order valence-corrected chi connectivity index (χ4v) is 4.90. The van der Waals surface area contributed by atoms with Crippen LogP contribution < -0.4 is 21.1 Å². The van der Waals surface area contributed by atoms with Crippen LogP contribution in [0.2, 0.25) is 0 Å². The molecule has 4 rings (SSSR count). The number of carbonyl (C=O) groups excluding carboxylic acids is 3. The average molecular weight is 586 g/mol. The van der Waals surface area contributed by atoms with Gasteiger partial charge in [-0.05, 0) is 47.9 Å². The third-order valence-electron chi connectivity index (χ3n) is 6.60. The van der Waals surface area contributed by atoms with Gasteiger partial charge in [0.1, 0.15) is 11.8 Å². The number of amides is 4. The molecule has 0 spiro atoms. The summed E-state index contributed by atoms with van der Waals surface area (Å²) in [7, 11) is 0. The Balaban J connectivity index is 1.56. The Labute approximate surface area is 249 Å². The van der Waals surface area contributed by atoms with E-state index in [0.29, 0.717) is 30.9 Å². The van der Waals surface area contributed by atoms with Crippen LogP contribution in [0.1, 0.15) is 39.7 Å². The largest absolute Gasteiger partial charge is 0.494 e. The first-order valence-electron chi connectivity index (χ1n) is 13.8. The Hall–Kier alpha value is -4.54. The normalized spacial score (nSPS) is 11.4. The summed E-state index contributed by atoms with van der Waals surface area (Å²) in [5, 5.41) is 7.61. The maximum atomic E-state index is 14.1. The van der Waals surface area contributed by atoms with Gasteiger partial charge in [-0.25, -0.2) is 9.78 Å². The molecule has 218 valence electrons. The monoisotopic (exact) mass is 585 g/mol. The van der Waals surface area contributed by atoms with Crippen LogP contribution in [0.4, 0.5) is 4.79 Å². The molecule has 0 saturated carbocycles. The van der Waals surface area contributed by atoms with Gasteiger partial charge in [0.15, 0.2) is 0 Å². The lowest BCUT2D eigenvalue weighted by Crippen LogP contribution is -2.54. The van der Waals surface area contributed by atoms with Gasteiger partial charge < -0.3 is 21.1 Å². The number of nitrogens with two attached hydrogens (primary N) is 1. The smallest absolute Gasteiger partial charge is 0.324 e. The highest BCUT2D eigenvalue weighted by Gasteiger charge is 2.30. The molecule has 3 aromatic carbocycles. The Morgan fingerprint density at radius 1 is 0.952 bits per heavy atom. The van der Waals surface area contributed by atoms with Crippen LogP contribution >= 0.6 is 11.3 Å². The molecule has 1 heterocycles. The molecule has 0 fully saturated rings. The van der Waals surface area contributed by atoms with Gasteiger partial charge in [-0.3, -0.25) is 14.5 Å². The summed E-state index contributed by atoms with van der Waals surface area (Å²) < 4.78 is 5.54. The van der Waals surface area contributed by atoms with Gasteiger partial charge in [0.2, 0.25) is 0 Å². The molecule has 0 saturated heterocycles. The zero-order chi connectivity index (χ0) is 29.7. The number of benzene rings is 3. The van der Waals surface area contributed by atoms with E-state index in [1.165, 1.54) is 11.3 Å². The van der Waals surface area contributed by atoms with Crippen molar-refractivity contribution >= 4 is 29.2 Å². The molecule has 9 nitrogen and oxygen atoms in total. The second-order valence-corrected chi connectivity index (χ2v) is 10.3. The van der Waals surface area contributed by atoms with Crippen LogP contribution in [-0.2, 0) is 30.7 Å². The average Bonchev–Trinajstić information content (AvgIpc) is 3.55. The van der Waals surface area contributed by atoms with E-state index in [0.717, 1.165) is 27.3 Å². The van der Waals surface area contributed by atoms with Gasteiger partial charge in [-0.2, -0.15) is 0 Å². The number of carbonyl (C=O) groups is 3. The number of imide groups is 1. The van der Waals surface area contributed by atoms with Gasteiger partial charge in [0.25, 0.3) is 11.8 Å². The molecule has 42 heavy (non-hydrogen) atoms. The molecule has 0 unspecified atom stereocenters. The Bertz CT molecular complexity index is 1430. The van der Waals surface area contributed by atoms with E-state index >= 15 is 0 Å². The molecule has 1 aromatic heterocycles. The zero-order valence-corrected chi connectivity index (χ0v) is 24.3. The summed E-state index contributed by atoms with van der Waals surface area (Å²) in [6.45, 7) is 3.19. The quantitative estimate of drug-likeness (QED) is 0.215. The maximum Gasteiger partial charge on any atom is 0.324 e. The zero-order valence-electron chi connectivity index (χ0n) is 23.5. The Kier molecular flexibility index (Phi) is 11.2. The number of rotatable bonds is 13. The minimum Gasteiger partial charge on any atom is -0.494 e. The second-order valence-electron chi connectivity index (χ2n) is 9.57. The molecular weight excluding hydrogens is 550 g/mol. The van der Waals surface area contributed by atoms with Gasteiger partial charge in [0.05, 0.1) is 17.8 Å². The first kappa shape index (κ1) is 30.4. The minimum atomic E-state index is -0.999. The van der Waals surface area contributed by atoms with E-state index in [1.54, 1.807) is 29.8 Å². The van der Waals surface area contributed by atoms with Crippen molar-refractivity contribution in [3.8, 4) is 5.75 Å². The van der Waals surface area contributed by atoms with Crippen LogP contribution in [0.25, 0.3) is 0 Å². The van der Waals surface area contributed by atoms with Crippen LogP contribution in [0.3, 0.4) is 0 Å². The molecule has 0 aliphatic rings. The highest BCUT2D eigenvalue weighted by molar-refractivity contribution is 7.07.